The molecular formula is C15H22ClNO. The smallest absolute Gasteiger partial charge is 0.125 e. The summed E-state index contributed by atoms with van der Waals surface area (Å²) >= 11 is 6.16. The second-order valence-electron chi connectivity index (χ2n) is 4.94. The second-order valence-corrected chi connectivity index (χ2v) is 5.37. The van der Waals surface area contributed by atoms with Gasteiger partial charge in [0.1, 0.15) is 5.75 Å². The number of rotatable bonds is 6. The Morgan fingerprint density at radius 3 is 3.00 bits per heavy atom. The van der Waals surface area contributed by atoms with Crippen molar-refractivity contribution >= 4 is 11.6 Å². The zero-order valence-electron chi connectivity index (χ0n) is 11.3. The topological polar surface area (TPSA) is 21.3 Å². The Morgan fingerprint density at radius 1 is 1.44 bits per heavy atom. The molecule has 1 atom stereocenters. The first-order valence-corrected chi connectivity index (χ1v) is 7.23. The van der Waals surface area contributed by atoms with Crippen LogP contribution in [0.2, 0.25) is 5.02 Å². The van der Waals surface area contributed by atoms with Crippen molar-refractivity contribution in [1.29, 1.82) is 0 Å². The van der Waals surface area contributed by atoms with E-state index >= 15 is 0 Å². The monoisotopic (exact) mass is 267 g/mol. The molecule has 0 spiro atoms. The molecule has 1 aromatic rings. The first-order valence-electron chi connectivity index (χ1n) is 6.86. The molecule has 0 bridgehead atoms. The fraction of sp³-hybridized carbons (Fsp3) is 0.600. The van der Waals surface area contributed by atoms with Gasteiger partial charge in [-0.1, -0.05) is 18.5 Å². The highest BCUT2D eigenvalue weighted by molar-refractivity contribution is 6.30. The van der Waals surface area contributed by atoms with Gasteiger partial charge in [0.2, 0.25) is 0 Å². The van der Waals surface area contributed by atoms with E-state index in [4.69, 9.17) is 16.3 Å². The zero-order valence-corrected chi connectivity index (χ0v) is 12.0. The Bertz CT molecular complexity index is 402. The minimum atomic E-state index is 0.623. The molecule has 0 saturated heterocycles. The van der Waals surface area contributed by atoms with Crippen LogP contribution in [0.1, 0.15) is 37.3 Å². The average Bonchev–Trinajstić information content (AvgIpc) is 2.82. The lowest BCUT2D eigenvalue weighted by Crippen LogP contribution is -2.23. The van der Waals surface area contributed by atoms with Crippen molar-refractivity contribution in [2.45, 2.75) is 45.1 Å². The fourth-order valence-corrected chi connectivity index (χ4v) is 2.89. The minimum absolute atomic E-state index is 0.623. The first kappa shape index (κ1) is 13.7. The summed E-state index contributed by atoms with van der Waals surface area (Å²) in [5.41, 5.74) is 2.55. The number of ether oxygens (including phenoxy) is 1. The SMILES string of the molecule is CCC(CCCc1cc(Cl)cc2c1OCC2)NC. The van der Waals surface area contributed by atoms with Crippen LogP contribution in [-0.2, 0) is 12.8 Å². The number of fused-ring (bicyclic) bond motifs is 1. The normalized spacial score (nSPS) is 15.3. The van der Waals surface area contributed by atoms with Crippen LogP contribution in [-0.4, -0.2) is 19.7 Å². The van der Waals surface area contributed by atoms with E-state index in [0.717, 1.165) is 30.2 Å². The zero-order chi connectivity index (χ0) is 13.0. The molecule has 0 radical (unpaired) electrons. The molecule has 1 heterocycles. The molecule has 0 saturated carbocycles. The van der Waals surface area contributed by atoms with Crippen molar-refractivity contribution in [1.82, 2.24) is 5.32 Å². The van der Waals surface area contributed by atoms with Gasteiger partial charge in [0, 0.05) is 17.5 Å². The largest absolute Gasteiger partial charge is 0.493 e. The third kappa shape index (κ3) is 3.18. The highest BCUT2D eigenvalue weighted by Gasteiger charge is 2.17. The Morgan fingerprint density at radius 2 is 2.28 bits per heavy atom. The van der Waals surface area contributed by atoms with Crippen LogP contribution >= 0.6 is 11.6 Å². The van der Waals surface area contributed by atoms with Gasteiger partial charge in [-0.3, -0.25) is 0 Å². The molecule has 0 aliphatic carbocycles. The fourth-order valence-electron chi connectivity index (χ4n) is 2.62. The third-order valence-electron chi connectivity index (χ3n) is 3.73. The maximum Gasteiger partial charge on any atom is 0.125 e. The summed E-state index contributed by atoms with van der Waals surface area (Å²) in [4.78, 5) is 0. The van der Waals surface area contributed by atoms with Crippen molar-refractivity contribution < 1.29 is 4.74 Å². The maximum absolute atomic E-state index is 6.16. The summed E-state index contributed by atoms with van der Waals surface area (Å²) in [5, 5.41) is 4.19. The van der Waals surface area contributed by atoms with Gasteiger partial charge in [-0.05, 0) is 56.0 Å². The van der Waals surface area contributed by atoms with E-state index in [1.807, 2.05) is 13.1 Å². The molecule has 1 unspecified atom stereocenters. The maximum atomic E-state index is 6.16. The Labute approximate surface area is 115 Å². The molecule has 18 heavy (non-hydrogen) atoms. The number of halogens is 1. The predicted octanol–water partition coefficient (Wildman–Crippen LogP) is 3.60. The van der Waals surface area contributed by atoms with Gasteiger partial charge in [0.15, 0.2) is 0 Å². The first-order chi connectivity index (χ1) is 8.74. The number of nitrogens with one attached hydrogen (secondary N) is 1. The molecular weight excluding hydrogens is 246 g/mol. The van der Waals surface area contributed by atoms with Crippen LogP contribution in [0.4, 0.5) is 0 Å². The average molecular weight is 268 g/mol. The number of hydrogen-bond acceptors (Lipinski definition) is 2. The van der Waals surface area contributed by atoms with Gasteiger partial charge in [0.05, 0.1) is 6.61 Å². The number of benzene rings is 1. The lowest BCUT2D eigenvalue weighted by molar-refractivity contribution is 0.352. The van der Waals surface area contributed by atoms with Crippen LogP contribution in [0.15, 0.2) is 12.1 Å². The molecule has 2 rings (SSSR count). The molecule has 3 heteroatoms. The van der Waals surface area contributed by atoms with Crippen LogP contribution in [0.25, 0.3) is 0 Å². The summed E-state index contributed by atoms with van der Waals surface area (Å²) in [7, 11) is 2.04. The minimum Gasteiger partial charge on any atom is -0.493 e. The van der Waals surface area contributed by atoms with Crippen molar-refractivity contribution in [2.75, 3.05) is 13.7 Å². The number of hydrogen-bond donors (Lipinski definition) is 1. The van der Waals surface area contributed by atoms with E-state index < -0.39 is 0 Å². The van der Waals surface area contributed by atoms with E-state index in [2.05, 4.69) is 18.3 Å². The van der Waals surface area contributed by atoms with E-state index in [1.165, 1.54) is 30.4 Å². The standard InChI is InChI=1S/C15H22ClNO/c1-3-14(17-2)6-4-5-11-9-13(16)10-12-7-8-18-15(11)12/h9-10,14,17H,3-8H2,1-2H3. The lowest BCUT2D eigenvalue weighted by Gasteiger charge is -2.14. The van der Waals surface area contributed by atoms with Crippen LogP contribution in [0.3, 0.4) is 0 Å². The highest BCUT2D eigenvalue weighted by Crippen LogP contribution is 2.33. The van der Waals surface area contributed by atoms with Crippen LogP contribution in [0, 0.1) is 0 Å². The molecule has 100 valence electrons. The van der Waals surface area contributed by atoms with Crippen LogP contribution in [0.5, 0.6) is 5.75 Å². The van der Waals surface area contributed by atoms with Gasteiger partial charge in [-0.25, -0.2) is 0 Å². The van der Waals surface area contributed by atoms with E-state index in [1.54, 1.807) is 0 Å². The number of aryl methyl sites for hydroxylation is 1. The second kappa shape index (κ2) is 6.44. The highest BCUT2D eigenvalue weighted by atomic mass is 35.5. The van der Waals surface area contributed by atoms with Gasteiger partial charge >= 0.3 is 0 Å². The molecule has 1 N–H and O–H groups in total. The molecule has 0 fully saturated rings. The van der Waals surface area contributed by atoms with E-state index in [-0.39, 0.29) is 0 Å². The lowest BCUT2D eigenvalue weighted by atomic mass is 10.0. The van der Waals surface area contributed by atoms with Gasteiger partial charge < -0.3 is 10.1 Å². The van der Waals surface area contributed by atoms with Crippen molar-refractivity contribution in [3.8, 4) is 5.75 Å². The third-order valence-corrected chi connectivity index (χ3v) is 3.94. The van der Waals surface area contributed by atoms with Gasteiger partial charge in [-0.15, -0.1) is 0 Å². The molecule has 1 aliphatic rings. The summed E-state index contributed by atoms with van der Waals surface area (Å²) in [6.07, 6.45) is 5.61. The Kier molecular flexibility index (Phi) is 4.90. The Balaban J connectivity index is 1.97. The van der Waals surface area contributed by atoms with Gasteiger partial charge in [0.25, 0.3) is 0 Å². The summed E-state index contributed by atoms with van der Waals surface area (Å²) in [6, 6.07) is 4.72. The predicted molar refractivity (Wildman–Crippen MR) is 76.7 cm³/mol. The molecule has 1 aliphatic heterocycles. The van der Waals surface area contributed by atoms with Crippen molar-refractivity contribution in [3.05, 3.63) is 28.3 Å². The molecule has 0 aromatic heterocycles. The summed E-state index contributed by atoms with van der Waals surface area (Å²) < 4.78 is 5.72. The van der Waals surface area contributed by atoms with E-state index in [9.17, 15) is 0 Å². The summed E-state index contributed by atoms with van der Waals surface area (Å²) in [5.74, 6) is 1.09. The molecule has 0 amide bonds. The molecule has 1 aromatic carbocycles. The van der Waals surface area contributed by atoms with Gasteiger partial charge in [-0.2, -0.15) is 0 Å². The molecule has 2 nitrogen and oxygen atoms in total. The van der Waals surface area contributed by atoms with E-state index in [0.29, 0.717) is 6.04 Å². The van der Waals surface area contributed by atoms with Crippen molar-refractivity contribution in [3.63, 3.8) is 0 Å². The summed E-state index contributed by atoms with van der Waals surface area (Å²) in [6.45, 7) is 3.03. The van der Waals surface area contributed by atoms with Crippen LogP contribution < -0.4 is 10.1 Å². The van der Waals surface area contributed by atoms with Crippen molar-refractivity contribution in [2.24, 2.45) is 0 Å². The Hall–Kier alpha value is -0.730. The quantitative estimate of drug-likeness (QED) is 0.850.